The fourth-order valence-electron chi connectivity index (χ4n) is 2.67. The van der Waals surface area contributed by atoms with Crippen molar-refractivity contribution in [3.05, 3.63) is 41.4 Å². The summed E-state index contributed by atoms with van der Waals surface area (Å²) in [7, 11) is 4.79. The zero-order valence-corrected chi connectivity index (χ0v) is 15.5. The van der Waals surface area contributed by atoms with Crippen molar-refractivity contribution >= 4 is 39.2 Å². The number of methoxy groups -OCH3 is 2. The van der Waals surface area contributed by atoms with E-state index in [-0.39, 0.29) is 5.91 Å². The molecule has 0 bridgehead atoms. The highest BCUT2D eigenvalue weighted by Gasteiger charge is 2.15. The first kappa shape index (κ1) is 17.8. The van der Waals surface area contributed by atoms with Crippen molar-refractivity contribution in [1.29, 1.82) is 0 Å². The third-order valence-electron chi connectivity index (χ3n) is 4.01. The van der Waals surface area contributed by atoms with E-state index >= 15 is 0 Å². The number of thiophene rings is 1. The maximum Gasteiger partial charge on any atom is 0.243 e. The van der Waals surface area contributed by atoms with E-state index in [2.05, 4.69) is 10.3 Å². The van der Waals surface area contributed by atoms with E-state index in [0.717, 1.165) is 26.8 Å². The van der Waals surface area contributed by atoms with Gasteiger partial charge in [-0.05, 0) is 29.2 Å². The molecule has 0 fully saturated rings. The summed E-state index contributed by atoms with van der Waals surface area (Å²) in [6.07, 6.45) is 4.89. The van der Waals surface area contributed by atoms with Crippen molar-refractivity contribution in [2.75, 3.05) is 27.0 Å². The summed E-state index contributed by atoms with van der Waals surface area (Å²) in [6, 6.07) is 5.72. The number of carbonyl (C=O) groups excluding carboxylic acids is 1. The van der Waals surface area contributed by atoms with Gasteiger partial charge in [0.05, 0.1) is 14.2 Å². The highest BCUT2D eigenvalue weighted by Crippen LogP contribution is 2.41. The first-order valence-electron chi connectivity index (χ1n) is 7.87. The lowest BCUT2D eigenvalue weighted by Gasteiger charge is -2.10. The molecule has 0 radical (unpaired) electrons. The van der Waals surface area contributed by atoms with Crippen LogP contribution in [0.1, 0.15) is 5.56 Å². The lowest BCUT2D eigenvalue weighted by molar-refractivity contribution is -0.115. The Labute approximate surface area is 155 Å². The second kappa shape index (κ2) is 7.45. The zero-order chi connectivity index (χ0) is 18.7. The van der Waals surface area contributed by atoms with E-state index in [4.69, 9.17) is 15.2 Å². The Hall–Kier alpha value is -3.06. The van der Waals surface area contributed by atoms with Crippen LogP contribution in [-0.4, -0.2) is 32.2 Å². The number of pyridine rings is 1. The molecule has 6 nitrogen and oxygen atoms in total. The van der Waals surface area contributed by atoms with Gasteiger partial charge in [0, 0.05) is 40.5 Å². The third kappa shape index (κ3) is 3.21. The Kier molecular flexibility index (Phi) is 5.09. The van der Waals surface area contributed by atoms with Crippen molar-refractivity contribution in [2.24, 2.45) is 0 Å². The molecule has 3 rings (SSSR count). The molecule has 0 atom stereocenters. The van der Waals surface area contributed by atoms with E-state index in [1.165, 1.54) is 6.08 Å². The molecule has 0 aliphatic carbocycles. The van der Waals surface area contributed by atoms with Crippen molar-refractivity contribution in [1.82, 2.24) is 10.3 Å². The number of aromatic nitrogens is 1. The van der Waals surface area contributed by atoms with Gasteiger partial charge < -0.3 is 20.5 Å². The normalized spacial score (nSPS) is 11.0. The molecule has 3 aromatic rings. The molecule has 0 saturated carbocycles. The minimum absolute atomic E-state index is 0.174. The van der Waals surface area contributed by atoms with Crippen LogP contribution in [0, 0.1) is 0 Å². The predicted octanol–water partition coefficient (Wildman–Crippen LogP) is 3.32. The number of likely N-dealkylation sites (N-methyl/N-ethyl adjacent to an activating group) is 1. The van der Waals surface area contributed by atoms with Gasteiger partial charge in [-0.1, -0.05) is 6.07 Å². The first-order chi connectivity index (χ1) is 12.6. The van der Waals surface area contributed by atoms with Crippen molar-refractivity contribution in [2.45, 2.75) is 0 Å². The monoisotopic (exact) mass is 369 g/mol. The van der Waals surface area contributed by atoms with Gasteiger partial charge in [-0.3, -0.25) is 4.79 Å². The number of ether oxygens (including phenoxy) is 2. The van der Waals surface area contributed by atoms with E-state index in [9.17, 15) is 4.79 Å². The summed E-state index contributed by atoms with van der Waals surface area (Å²) in [5, 5.41) is 5.45. The molecule has 3 N–H and O–H groups in total. The fourth-order valence-corrected chi connectivity index (χ4v) is 3.75. The Morgan fingerprint density at radius 1 is 1.27 bits per heavy atom. The second-order valence-corrected chi connectivity index (χ2v) is 6.35. The molecule has 0 aliphatic rings. The topological polar surface area (TPSA) is 86.5 Å². The Bertz CT molecular complexity index is 995. The summed E-state index contributed by atoms with van der Waals surface area (Å²) in [5.74, 6) is 1.58. The van der Waals surface area contributed by atoms with Crippen molar-refractivity contribution < 1.29 is 14.3 Å². The molecule has 7 heteroatoms. The maximum atomic E-state index is 11.5. The van der Waals surface area contributed by atoms with Crippen molar-refractivity contribution in [3.63, 3.8) is 0 Å². The largest absolute Gasteiger partial charge is 0.493 e. The van der Waals surface area contributed by atoms with Gasteiger partial charge in [0.2, 0.25) is 5.91 Å². The lowest BCUT2D eigenvalue weighted by atomic mass is 10.0. The molecule has 134 valence electrons. The number of nitrogens with two attached hydrogens (primary N) is 1. The minimum atomic E-state index is -0.174. The number of anilines is 1. The van der Waals surface area contributed by atoms with Crippen LogP contribution in [0.15, 0.2) is 35.9 Å². The smallest absolute Gasteiger partial charge is 0.243 e. The molecule has 0 spiro atoms. The Morgan fingerprint density at radius 3 is 2.73 bits per heavy atom. The Balaban J connectivity index is 2.14. The number of rotatable bonds is 5. The summed E-state index contributed by atoms with van der Waals surface area (Å²) >= 11 is 1.56. The summed E-state index contributed by atoms with van der Waals surface area (Å²) in [6.45, 7) is 0. The molecule has 0 unspecified atom stereocenters. The SMILES string of the molecule is CNC(=O)/C=C/c1cnc(N)c2c(-c3ccc(OC)c(OC)c3)csc12. The highest BCUT2D eigenvalue weighted by molar-refractivity contribution is 7.18. The zero-order valence-electron chi connectivity index (χ0n) is 14.7. The molecule has 2 heterocycles. The quantitative estimate of drug-likeness (QED) is 0.674. The van der Waals surface area contributed by atoms with Crippen LogP contribution in [0.2, 0.25) is 0 Å². The highest BCUT2D eigenvalue weighted by atomic mass is 32.1. The number of carbonyl (C=O) groups is 1. The van der Waals surface area contributed by atoms with Gasteiger partial charge in [0.1, 0.15) is 5.82 Å². The van der Waals surface area contributed by atoms with Crippen LogP contribution in [0.25, 0.3) is 27.3 Å². The van der Waals surface area contributed by atoms with E-state index in [0.29, 0.717) is 17.3 Å². The molecule has 26 heavy (non-hydrogen) atoms. The van der Waals surface area contributed by atoms with Crippen LogP contribution in [-0.2, 0) is 4.79 Å². The number of benzene rings is 1. The van der Waals surface area contributed by atoms with Gasteiger partial charge in [0.25, 0.3) is 0 Å². The molecule has 0 saturated heterocycles. The van der Waals surface area contributed by atoms with Gasteiger partial charge in [-0.15, -0.1) is 11.3 Å². The van der Waals surface area contributed by atoms with E-state index in [1.54, 1.807) is 44.9 Å². The second-order valence-electron chi connectivity index (χ2n) is 5.47. The summed E-state index contributed by atoms with van der Waals surface area (Å²) in [4.78, 5) is 15.8. The van der Waals surface area contributed by atoms with Gasteiger partial charge >= 0.3 is 0 Å². The predicted molar refractivity (Wildman–Crippen MR) is 106 cm³/mol. The van der Waals surface area contributed by atoms with Gasteiger partial charge in [-0.25, -0.2) is 4.98 Å². The van der Waals surface area contributed by atoms with Crippen LogP contribution in [0.3, 0.4) is 0 Å². The molecule has 1 aromatic carbocycles. The molecular weight excluding hydrogens is 350 g/mol. The number of nitrogen functional groups attached to an aromatic ring is 1. The van der Waals surface area contributed by atoms with Crippen LogP contribution in [0.4, 0.5) is 5.82 Å². The number of nitrogens with zero attached hydrogens (tertiary/aromatic N) is 1. The molecule has 2 aromatic heterocycles. The lowest BCUT2D eigenvalue weighted by Crippen LogP contribution is -2.13. The first-order valence-corrected chi connectivity index (χ1v) is 8.74. The number of hydrogen-bond acceptors (Lipinski definition) is 6. The van der Waals surface area contributed by atoms with E-state index < -0.39 is 0 Å². The average molecular weight is 369 g/mol. The van der Waals surface area contributed by atoms with Crippen LogP contribution >= 0.6 is 11.3 Å². The number of fused-ring (bicyclic) bond motifs is 1. The van der Waals surface area contributed by atoms with E-state index in [1.807, 2.05) is 23.6 Å². The standard InChI is InChI=1S/C19H19N3O3S/c1-21-16(23)7-5-12-9-22-19(20)17-13(10-26-18(12)17)11-4-6-14(24-2)15(8-11)25-3/h4-10H,1-3H3,(H2,20,22)(H,21,23)/b7-5+. The molecule has 1 amide bonds. The van der Waals surface area contributed by atoms with Crippen LogP contribution < -0.4 is 20.5 Å². The molecular formula is C19H19N3O3S. The van der Waals surface area contributed by atoms with Crippen molar-refractivity contribution in [3.8, 4) is 22.6 Å². The minimum Gasteiger partial charge on any atom is -0.493 e. The number of amides is 1. The van der Waals surface area contributed by atoms with Gasteiger partial charge in [-0.2, -0.15) is 0 Å². The number of nitrogens with one attached hydrogen (secondary N) is 1. The maximum absolute atomic E-state index is 11.5. The Morgan fingerprint density at radius 2 is 2.04 bits per heavy atom. The fraction of sp³-hybridized carbons (Fsp3) is 0.158. The average Bonchev–Trinajstić information content (AvgIpc) is 3.12. The number of hydrogen-bond donors (Lipinski definition) is 2. The molecule has 0 aliphatic heterocycles. The summed E-state index contributed by atoms with van der Waals surface area (Å²) < 4.78 is 11.7. The van der Waals surface area contributed by atoms with Gasteiger partial charge in [0.15, 0.2) is 11.5 Å². The third-order valence-corrected chi connectivity index (χ3v) is 5.04. The summed E-state index contributed by atoms with van der Waals surface area (Å²) in [5.41, 5.74) is 8.91. The van der Waals surface area contributed by atoms with Crippen LogP contribution in [0.5, 0.6) is 11.5 Å².